The van der Waals surface area contributed by atoms with Crippen LogP contribution in [0.3, 0.4) is 0 Å². The summed E-state index contributed by atoms with van der Waals surface area (Å²) in [4.78, 5) is 17.6. The molecule has 0 saturated carbocycles. The van der Waals surface area contributed by atoms with Crippen LogP contribution >= 0.6 is 23.5 Å². The zero-order chi connectivity index (χ0) is 25.1. The van der Waals surface area contributed by atoms with Gasteiger partial charge in [0.2, 0.25) is 10.3 Å². The Morgan fingerprint density at radius 1 is 1.00 bits per heavy atom. The number of aliphatic imine (C=N–C) groups is 2. The van der Waals surface area contributed by atoms with E-state index in [0.29, 0.717) is 33.2 Å². The molecule has 5 rings (SSSR count). The number of hydrogen-bond acceptors (Lipinski definition) is 12. The molecule has 0 aliphatic heterocycles. The summed E-state index contributed by atoms with van der Waals surface area (Å²) >= 11 is 2.57. The van der Waals surface area contributed by atoms with Crippen LogP contribution in [-0.2, 0) is 20.6 Å². The molecule has 15 heteroatoms. The van der Waals surface area contributed by atoms with Gasteiger partial charge < -0.3 is 0 Å². The molecule has 0 unspecified atom stereocenters. The van der Waals surface area contributed by atoms with Gasteiger partial charge in [-0.25, -0.2) is 23.7 Å². The minimum Gasteiger partial charge on any atom is -0.273 e. The maximum absolute atomic E-state index is 14.1. The first-order valence-corrected chi connectivity index (χ1v) is 12.0. The summed E-state index contributed by atoms with van der Waals surface area (Å²) in [5.74, 6) is -0.410. The molecular weight excluding hydrogens is 503 g/mol. The van der Waals surface area contributed by atoms with Crippen LogP contribution in [0.5, 0.6) is 0 Å². The SMILES string of the molecule is C=Nc1ccc(F)cc1C(=NCc1ccc2c(Sc3nnnn3C)ncnc2c1)Sc1nnnn1C. The van der Waals surface area contributed by atoms with Crippen LogP contribution in [0.4, 0.5) is 10.1 Å². The molecule has 36 heavy (non-hydrogen) atoms. The van der Waals surface area contributed by atoms with E-state index in [9.17, 15) is 4.39 Å². The van der Waals surface area contributed by atoms with Gasteiger partial charge in [0.1, 0.15) is 22.2 Å². The molecule has 3 heterocycles. The van der Waals surface area contributed by atoms with E-state index in [1.807, 2.05) is 18.2 Å². The largest absolute Gasteiger partial charge is 0.273 e. The van der Waals surface area contributed by atoms with Crippen LogP contribution in [0.2, 0.25) is 0 Å². The molecule has 0 amide bonds. The molecule has 0 aliphatic carbocycles. The molecule has 0 fully saturated rings. The average Bonchev–Trinajstić information content (AvgIpc) is 3.48. The Kier molecular flexibility index (Phi) is 6.73. The van der Waals surface area contributed by atoms with Gasteiger partial charge in [-0.2, -0.15) is 0 Å². The van der Waals surface area contributed by atoms with Crippen LogP contribution in [0, 0.1) is 5.82 Å². The summed E-state index contributed by atoms with van der Waals surface area (Å²) in [6.07, 6.45) is 1.50. The molecule has 180 valence electrons. The first kappa shape index (κ1) is 23.6. The van der Waals surface area contributed by atoms with Crippen molar-refractivity contribution < 1.29 is 4.39 Å². The lowest BCUT2D eigenvalue weighted by Crippen LogP contribution is -2.02. The third-order valence-corrected chi connectivity index (χ3v) is 7.09. The third-order valence-electron chi connectivity index (χ3n) is 4.97. The van der Waals surface area contributed by atoms with Crippen LogP contribution in [0.15, 0.2) is 68.0 Å². The third kappa shape index (κ3) is 4.96. The number of thioether (sulfide) groups is 1. The van der Waals surface area contributed by atoms with Gasteiger partial charge in [0.05, 0.1) is 17.7 Å². The number of fused-ring (bicyclic) bond motifs is 1. The summed E-state index contributed by atoms with van der Waals surface area (Å²) in [7, 11) is 3.48. The van der Waals surface area contributed by atoms with Crippen LogP contribution in [-0.4, -0.2) is 62.1 Å². The number of tetrazole rings is 2. The molecule has 5 aromatic rings. The maximum Gasteiger partial charge on any atom is 0.215 e. The van der Waals surface area contributed by atoms with E-state index >= 15 is 0 Å². The van der Waals surface area contributed by atoms with Crippen LogP contribution in [0.1, 0.15) is 11.1 Å². The van der Waals surface area contributed by atoms with Crippen molar-refractivity contribution in [2.75, 3.05) is 0 Å². The minimum absolute atomic E-state index is 0.302. The van der Waals surface area contributed by atoms with Gasteiger partial charge in [-0.05, 0) is 87.0 Å². The second-order valence-electron chi connectivity index (χ2n) is 7.35. The zero-order valence-electron chi connectivity index (χ0n) is 19.0. The smallest absolute Gasteiger partial charge is 0.215 e. The van der Waals surface area contributed by atoms with E-state index < -0.39 is 5.82 Å². The Bertz CT molecular complexity index is 1600. The number of rotatable bonds is 7. The van der Waals surface area contributed by atoms with Gasteiger partial charge >= 0.3 is 0 Å². The average molecular weight is 521 g/mol. The number of aryl methyl sites for hydroxylation is 2. The Hall–Kier alpha value is -4.11. The molecule has 0 bridgehead atoms. The van der Waals surface area contributed by atoms with E-state index in [-0.39, 0.29) is 0 Å². The quantitative estimate of drug-likeness (QED) is 0.136. The second-order valence-corrected chi connectivity index (χ2v) is 9.26. The van der Waals surface area contributed by atoms with E-state index in [4.69, 9.17) is 4.99 Å². The highest BCUT2D eigenvalue weighted by Gasteiger charge is 2.16. The fourth-order valence-corrected chi connectivity index (χ4v) is 4.82. The number of nitrogens with zero attached hydrogens (tertiary/aromatic N) is 12. The Labute approximate surface area is 212 Å². The van der Waals surface area contributed by atoms with Crippen molar-refractivity contribution in [2.45, 2.75) is 21.9 Å². The Morgan fingerprint density at radius 3 is 2.50 bits per heavy atom. The van der Waals surface area contributed by atoms with Gasteiger partial charge in [0.25, 0.3) is 0 Å². The van der Waals surface area contributed by atoms with E-state index in [1.165, 1.54) is 46.7 Å². The molecule has 0 spiro atoms. The lowest BCUT2D eigenvalue weighted by Gasteiger charge is -2.10. The summed E-state index contributed by atoms with van der Waals surface area (Å²) in [5.41, 5.74) is 2.65. The van der Waals surface area contributed by atoms with Crippen molar-refractivity contribution in [3.05, 3.63) is 59.7 Å². The fourth-order valence-electron chi connectivity index (χ4n) is 3.20. The summed E-state index contributed by atoms with van der Waals surface area (Å²) in [5, 5.41) is 26.3. The topological polar surface area (TPSA) is 138 Å². The predicted octanol–water partition coefficient (Wildman–Crippen LogP) is 3.04. The van der Waals surface area contributed by atoms with Crippen molar-refractivity contribution in [1.82, 2.24) is 50.4 Å². The maximum atomic E-state index is 14.1. The van der Waals surface area contributed by atoms with Crippen molar-refractivity contribution in [3.8, 4) is 0 Å². The highest BCUT2D eigenvalue weighted by molar-refractivity contribution is 8.14. The molecule has 3 aromatic heterocycles. The van der Waals surface area contributed by atoms with Crippen LogP contribution < -0.4 is 0 Å². The minimum atomic E-state index is -0.410. The highest BCUT2D eigenvalue weighted by Crippen LogP contribution is 2.31. The van der Waals surface area contributed by atoms with Crippen molar-refractivity contribution in [2.24, 2.45) is 24.1 Å². The first-order valence-electron chi connectivity index (χ1n) is 10.4. The Morgan fingerprint density at radius 2 is 1.78 bits per heavy atom. The summed E-state index contributed by atoms with van der Waals surface area (Å²) in [6.45, 7) is 3.90. The predicted molar refractivity (Wildman–Crippen MR) is 133 cm³/mol. The zero-order valence-corrected chi connectivity index (χ0v) is 20.6. The number of aromatic nitrogens is 10. The normalized spacial score (nSPS) is 11.8. The van der Waals surface area contributed by atoms with Crippen molar-refractivity contribution >= 4 is 51.9 Å². The first-order chi connectivity index (χ1) is 17.5. The molecule has 0 aliphatic rings. The molecule has 0 atom stereocenters. The van der Waals surface area contributed by atoms with Crippen LogP contribution in [0.25, 0.3) is 10.9 Å². The van der Waals surface area contributed by atoms with Gasteiger partial charge in [-0.3, -0.25) is 9.98 Å². The fraction of sp³-hybridized carbons (Fsp3) is 0.143. The molecule has 2 aromatic carbocycles. The van der Waals surface area contributed by atoms with Gasteiger partial charge in [-0.15, -0.1) is 10.2 Å². The lowest BCUT2D eigenvalue weighted by atomic mass is 10.1. The van der Waals surface area contributed by atoms with E-state index in [0.717, 1.165) is 21.5 Å². The van der Waals surface area contributed by atoms with Gasteiger partial charge in [0.15, 0.2) is 0 Å². The van der Waals surface area contributed by atoms with Gasteiger partial charge in [0, 0.05) is 25.0 Å². The van der Waals surface area contributed by atoms with Crippen molar-refractivity contribution in [1.29, 1.82) is 0 Å². The highest BCUT2D eigenvalue weighted by atomic mass is 32.2. The second kappa shape index (κ2) is 10.2. The molecule has 0 radical (unpaired) electrons. The Balaban J connectivity index is 1.48. The summed E-state index contributed by atoms with van der Waals surface area (Å²) < 4.78 is 17.2. The number of hydrogen-bond donors (Lipinski definition) is 0. The molecule has 12 nitrogen and oxygen atoms in total. The standard InChI is InChI=1S/C21H17FN12S2/c1-23-16-7-5-13(22)9-15(16)19(36-21-28-30-32-34(21)3)24-10-12-4-6-14-17(8-12)25-11-26-18(14)35-20-27-29-31-33(20)2/h4-9,11H,1,10H2,2-3H3. The monoisotopic (exact) mass is 520 g/mol. The van der Waals surface area contributed by atoms with Crippen molar-refractivity contribution in [3.63, 3.8) is 0 Å². The van der Waals surface area contributed by atoms with E-state index in [1.54, 1.807) is 24.8 Å². The molecule has 0 N–H and O–H groups in total. The number of benzene rings is 2. The lowest BCUT2D eigenvalue weighted by molar-refractivity contribution is 0.627. The summed E-state index contributed by atoms with van der Waals surface area (Å²) in [6, 6.07) is 10.1. The molecule has 0 saturated heterocycles. The molecular formula is C21H17FN12S2. The number of halogens is 1. The van der Waals surface area contributed by atoms with Gasteiger partial charge in [-0.1, -0.05) is 6.07 Å². The van der Waals surface area contributed by atoms with E-state index in [2.05, 4.69) is 52.7 Å².